The predicted octanol–water partition coefficient (Wildman–Crippen LogP) is 1.91. The predicted molar refractivity (Wildman–Crippen MR) is 56.8 cm³/mol. The van der Waals surface area contributed by atoms with Crippen molar-refractivity contribution in [3.05, 3.63) is 24.3 Å². The molecule has 0 spiro atoms. The van der Waals surface area contributed by atoms with Gasteiger partial charge in [-0.1, -0.05) is 29.4 Å². The van der Waals surface area contributed by atoms with Gasteiger partial charge in [-0.2, -0.15) is 0 Å². The molecule has 2 aromatic rings. The van der Waals surface area contributed by atoms with Crippen molar-refractivity contribution in [2.24, 2.45) is 16.0 Å². The number of nitrogens with zero attached hydrogens (tertiary/aromatic N) is 2. The summed E-state index contributed by atoms with van der Waals surface area (Å²) in [6.45, 7) is 0. The number of anilines is 1. The van der Waals surface area contributed by atoms with E-state index in [-0.39, 0.29) is 0 Å². The first-order valence-electron chi connectivity index (χ1n) is 4.26. The van der Waals surface area contributed by atoms with Crippen molar-refractivity contribution in [2.45, 2.75) is 0 Å². The zero-order chi connectivity index (χ0) is 10.8. The van der Waals surface area contributed by atoms with Crippen molar-refractivity contribution in [3.63, 3.8) is 0 Å². The Hall–Kier alpha value is -2.37. The molecule has 6 nitrogen and oxygen atoms in total. The number of amides is 2. The summed E-state index contributed by atoms with van der Waals surface area (Å²) >= 11 is 0. The number of primary amides is 1. The molecule has 1 aromatic heterocycles. The normalized spacial score (nSPS) is 11.2. The lowest BCUT2D eigenvalue weighted by Gasteiger charge is -1.88. The second kappa shape index (κ2) is 3.41. The number of rotatable bonds is 1. The van der Waals surface area contributed by atoms with Crippen LogP contribution in [0.15, 0.2) is 34.5 Å². The Labute approximate surface area is 85.0 Å². The highest BCUT2D eigenvalue weighted by Crippen LogP contribution is 2.30. The monoisotopic (exact) mass is 203 g/mol. The molecule has 0 bridgehead atoms. The Morgan fingerprint density at radius 1 is 1.27 bits per heavy atom. The number of aromatic amines is 1. The first-order valence-corrected chi connectivity index (χ1v) is 4.26. The Balaban J connectivity index is 2.57. The largest absolute Gasteiger partial charge is 0.385 e. The first kappa shape index (κ1) is 9.20. The number of H-pyrrole nitrogens is 1. The van der Waals surface area contributed by atoms with Crippen LogP contribution in [0.25, 0.3) is 10.8 Å². The standard InChI is InChI=1S/C9H9N5O/c10-7-5-3-1-2-4-6(5)8(12-7)13-14-9(11)15/h1-4,12H,10H2,(H2,11,15). The molecule has 6 heteroatoms. The van der Waals surface area contributed by atoms with Crippen LogP contribution >= 0.6 is 0 Å². The molecule has 0 saturated heterocycles. The zero-order valence-corrected chi connectivity index (χ0v) is 7.77. The summed E-state index contributed by atoms with van der Waals surface area (Å²) in [5, 5.41) is 8.55. The molecule has 2 rings (SSSR count). The highest BCUT2D eigenvalue weighted by molar-refractivity contribution is 5.99. The van der Waals surface area contributed by atoms with E-state index < -0.39 is 6.03 Å². The molecule has 0 fully saturated rings. The van der Waals surface area contributed by atoms with E-state index in [1.54, 1.807) is 0 Å². The second-order valence-corrected chi connectivity index (χ2v) is 2.97. The molecule has 1 aromatic carbocycles. The van der Waals surface area contributed by atoms with Crippen LogP contribution in [-0.2, 0) is 0 Å². The lowest BCUT2D eigenvalue weighted by molar-refractivity contribution is 0.255. The van der Waals surface area contributed by atoms with Gasteiger partial charge in [0.25, 0.3) is 0 Å². The van der Waals surface area contributed by atoms with E-state index in [1.165, 1.54) is 0 Å². The molecule has 76 valence electrons. The third kappa shape index (κ3) is 1.64. The Morgan fingerprint density at radius 2 is 1.93 bits per heavy atom. The number of benzene rings is 1. The van der Waals surface area contributed by atoms with Crippen LogP contribution < -0.4 is 11.5 Å². The summed E-state index contributed by atoms with van der Waals surface area (Å²) in [5.74, 6) is 0.922. The van der Waals surface area contributed by atoms with Crippen LogP contribution in [0.1, 0.15) is 0 Å². The van der Waals surface area contributed by atoms with E-state index in [9.17, 15) is 4.79 Å². The van der Waals surface area contributed by atoms with Gasteiger partial charge in [0.15, 0.2) is 5.82 Å². The number of aromatic nitrogens is 1. The maximum Gasteiger partial charge on any atom is 0.357 e. The Bertz CT molecular complexity index is 542. The third-order valence-electron chi connectivity index (χ3n) is 1.97. The number of carbonyl (C=O) groups is 1. The minimum absolute atomic E-state index is 0.432. The molecule has 0 atom stereocenters. The van der Waals surface area contributed by atoms with Crippen molar-refractivity contribution >= 4 is 28.4 Å². The molecular formula is C9H9N5O. The van der Waals surface area contributed by atoms with Gasteiger partial charge >= 0.3 is 6.03 Å². The highest BCUT2D eigenvalue weighted by Gasteiger charge is 2.06. The van der Waals surface area contributed by atoms with Gasteiger partial charge in [0.2, 0.25) is 0 Å². The number of carbonyl (C=O) groups excluding carboxylic acids is 1. The van der Waals surface area contributed by atoms with Gasteiger partial charge in [0, 0.05) is 10.8 Å². The van der Waals surface area contributed by atoms with Crippen LogP contribution in [0.4, 0.5) is 16.4 Å². The summed E-state index contributed by atoms with van der Waals surface area (Å²) in [7, 11) is 0. The number of hydrogen-bond donors (Lipinski definition) is 3. The fourth-order valence-corrected chi connectivity index (χ4v) is 1.36. The summed E-state index contributed by atoms with van der Waals surface area (Å²) in [6.07, 6.45) is 0. The summed E-state index contributed by atoms with van der Waals surface area (Å²) in [6, 6.07) is 6.55. The highest BCUT2D eigenvalue weighted by atomic mass is 16.2. The fourth-order valence-electron chi connectivity index (χ4n) is 1.36. The molecule has 0 radical (unpaired) electrons. The van der Waals surface area contributed by atoms with Gasteiger partial charge in [0.05, 0.1) is 0 Å². The maximum absolute atomic E-state index is 10.4. The zero-order valence-electron chi connectivity index (χ0n) is 7.77. The molecule has 0 aliphatic heterocycles. The van der Waals surface area contributed by atoms with Crippen LogP contribution in [0, 0.1) is 0 Å². The molecule has 0 aliphatic carbocycles. The molecular weight excluding hydrogens is 194 g/mol. The lowest BCUT2D eigenvalue weighted by atomic mass is 10.2. The molecule has 0 aliphatic rings. The van der Waals surface area contributed by atoms with E-state index in [0.29, 0.717) is 11.6 Å². The SMILES string of the molecule is NC(=O)N=Nc1[nH]c(N)c2ccccc12. The molecule has 5 N–H and O–H groups in total. The van der Waals surface area contributed by atoms with E-state index in [2.05, 4.69) is 15.2 Å². The third-order valence-corrected chi connectivity index (χ3v) is 1.97. The quantitative estimate of drug-likeness (QED) is 0.615. The number of azo groups is 1. The van der Waals surface area contributed by atoms with Crippen molar-refractivity contribution in [2.75, 3.05) is 5.73 Å². The van der Waals surface area contributed by atoms with Crippen LogP contribution in [0.2, 0.25) is 0 Å². The Morgan fingerprint density at radius 3 is 2.60 bits per heavy atom. The average Bonchev–Trinajstić information content (AvgIpc) is 2.54. The summed E-state index contributed by atoms with van der Waals surface area (Å²) in [4.78, 5) is 13.2. The Kier molecular flexibility index (Phi) is 2.09. The minimum Gasteiger partial charge on any atom is -0.385 e. The van der Waals surface area contributed by atoms with E-state index in [4.69, 9.17) is 11.5 Å². The van der Waals surface area contributed by atoms with Crippen molar-refractivity contribution in [1.29, 1.82) is 0 Å². The van der Waals surface area contributed by atoms with Crippen LogP contribution in [-0.4, -0.2) is 11.0 Å². The van der Waals surface area contributed by atoms with Gasteiger partial charge in [-0.15, -0.1) is 5.11 Å². The molecule has 15 heavy (non-hydrogen) atoms. The second-order valence-electron chi connectivity index (χ2n) is 2.97. The van der Waals surface area contributed by atoms with Gasteiger partial charge in [-0.25, -0.2) is 4.79 Å². The van der Waals surface area contributed by atoms with Gasteiger partial charge in [-0.05, 0) is 0 Å². The van der Waals surface area contributed by atoms with Crippen molar-refractivity contribution in [3.8, 4) is 0 Å². The number of urea groups is 1. The summed E-state index contributed by atoms with van der Waals surface area (Å²) in [5.41, 5.74) is 10.6. The molecule has 1 heterocycles. The first-order chi connectivity index (χ1) is 7.18. The number of fused-ring (bicyclic) bond motifs is 1. The number of nitrogen functional groups attached to an aromatic ring is 1. The van der Waals surface area contributed by atoms with E-state index in [1.807, 2.05) is 24.3 Å². The fraction of sp³-hybridized carbons (Fsp3) is 0. The van der Waals surface area contributed by atoms with Gasteiger partial charge < -0.3 is 16.5 Å². The van der Waals surface area contributed by atoms with E-state index >= 15 is 0 Å². The smallest absolute Gasteiger partial charge is 0.357 e. The molecule has 2 amide bonds. The topological polar surface area (TPSA) is 110 Å². The summed E-state index contributed by atoms with van der Waals surface area (Å²) < 4.78 is 0. The maximum atomic E-state index is 10.4. The van der Waals surface area contributed by atoms with Gasteiger partial charge in [0.1, 0.15) is 5.82 Å². The van der Waals surface area contributed by atoms with Crippen molar-refractivity contribution in [1.82, 2.24) is 4.98 Å². The van der Waals surface area contributed by atoms with Crippen molar-refractivity contribution < 1.29 is 4.79 Å². The number of nitrogens with two attached hydrogens (primary N) is 2. The average molecular weight is 203 g/mol. The number of nitrogens with one attached hydrogen (secondary N) is 1. The lowest BCUT2D eigenvalue weighted by Crippen LogP contribution is -2.01. The van der Waals surface area contributed by atoms with Gasteiger partial charge in [-0.3, -0.25) is 0 Å². The van der Waals surface area contributed by atoms with Crippen LogP contribution in [0.5, 0.6) is 0 Å². The molecule has 0 unspecified atom stereocenters. The van der Waals surface area contributed by atoms with E-state index in [0.717, 1.165) is 10.8 Å². The van der Waals surface area contributed by atoms with Crippen LogP contribution in [0.3, 0.4) is 0 Å². The number of hydrogen-bond acceptors (Lipinski definition) is 3. The minimum atomic E-state index is -0.841. The molecule has 0 saturated carbocycles.